The van der Waals surface area contributed by atoms with Gasteiger partial charge in [-0.15, -0.1) is 0 Å². The second kappa shape index (κ2) is 9.52. The van der Waals surface area contributed by atoms with Crippen LogP contribution in [0.1, 0.15) is 25.2 Å². The number of carbonyl (C=O) groups excluding carboxylic acids is 2. The number of rotatable bonds is 9. The molecule has 1 N–H and O–H groups in total. The number of hydrogen-bond donors (Lipinski definition) is 1. The molecule has 8 nitrogen and oxygen atoms in total. The van der Waals surface area contributed by atoms with Gasteiger partial charge in [0.2, 0.25) is 10.0 Å². The molecule has 0 aliphatic rings. The highest BCUT2D eigenvalue weighted by atomic mass is 32.2. The van der Waals surface area contributed by atoms with Gasteiger partial charge in [-0.05, 0) is 45.0 Å². The Balaban J connectivity index is 2.20. The molecule has 0 bridgehead atoms. The van der Waals surface area contributed by atoms with E-state index in [1.807, 2.05) is 6.92 Å². The van der Waals surface area contributed by atoms with Gasteiger partial charge in [-0.1, -0.05) is 17.7 Å². The van der Waals surface area contributed by atoms with Crippen molar-refractivity contribution in [2.24, 2.45) is 0 Å². The molecule has 0 saturated heterocycles. The fourth-order valence-electron chi connectivity index (χ4n) is 2.41. The maximum absolute atomic E-state index is 13.0. The molecule has 1 aromatic carbocycles. The summed E-state index contributed by atoms with van der Waals surface area (Å²) >= 11 is 0. The first-order chi connectivity index (χ1) is 13.2. The number of hydrogen-bond acceptors (Lipinski definition) is 6. The topological polar surface area (TPSA) is 106 Å². The Bertz CT molecular complexity index is 891. The molecule has 2 rings (SSSR count). The smallest absolute Gasteiger partial charge is 0.322 e. The average molecular weight is 408 g/mol. The number of sulfonamides is 1. The van der Waals surface area contributed by atoms with Gasteiger partial charge >= 0.3 is 5.97 Å². The molecule has 0 fully saturated rings. The van der Waals surface area contributed by atoms with Crippen molar-refractivity contribution in [3.8, 4) is 0 Å². The zero-order valence-corrected chi connectivity index (χ0v) is 16.9. The van der Waals surface area contributed by atoms with Crippen LogP contribution in [0.2, 0.25) is 0 Å². The van der Waals surface area contributed by atoms with Crippen LogP contribution in [0, 0.1) is 6.92 Å². The number of nitrogens with zero attached hydrogens (tertiary/aromatic N) is 1. The number of esters is 1. The molecule has 0 aliphatic carbocycles. The van der Waals surface area contributed by atoms with Gasteiger partial charge < -0.3 is 14.5 Å². The van der Waals surface area contributed by atoms with E-state index in [9.17, 15) is 18.0 Å². The van der Waals surface area contributed by atoms with Crippen LogP contribution >= 0.6 is 0 Å². The fourth-order valence-corrected chi connectivity index (χ4v) is 3.76. The Morgan fingerprint density at radius 3 is 2.46 bits per heavy atom. The first-order valence-corrected chi connectivity index (χ1v) is 10.2. The van der Waals surface area contributed by atoms with E-state index in [0.717, 1.165) is 9.87 Å². The summed E-state index contributed by atoms with van der Waals surface area (Å²) in [5, 5.41) is 2.54. The number of carbonyl (C=O) groups is 2. The van der Waals surface area contributed by atoms with E-state index in [1.165, 1.54) is 25.3 Å². The van der Waals surface area contributed by atoms with E-state index < -0.39 is 34.5 Å². The van der Waals surface area contributed by atoms with Crippen LogP contribution in [0.15, 0.2) is 52.0 Å². The summed E-state index contributed by atoms with van der Waals surface area (Å²) in [5.74, 6) is -0.906. The minimum atomic E-state index is -3.98. The molecule has 1 heterocycles. The van der Waals surface area contributed by atoms with Crippen molar-refractivity contribution in [3.05, 3.63) is 54.0 Å². The van der Waals surface area contributed by atoms with Crippen LogP contribution < -0.4 is 5.32 Å². The zero-order chi connectivity index (χ0) is 20.7. The third-order valence-electron chi connectivity index (χ3n) is 3.90. The number of likely N-dealkylation sites (N-methyl/N-ethyl adjacent to an activating group) is 1. The first kappa shape index (κ1) is 21.6. The van der Waals surface area contributed by atoms with Crippen molar-refractivity contribution in [3.63, 3.8) is 0 Å². The Kier molecular flexibility index (Phi) is 7.36. The highest BCUT2D eigenvalue weighted by Gasteiger charge is 2.29. The summed E-state index contributed by atoms with van der Waals surface area (Å²) in [6, 6.07) is 9.54. The van der Waals surface area contributed by atoms with Gasteiger partial charge in [0.25, 0.3) is 5.91 Å². The molecule has 152 valence electrons. The van der Waals surface area contributed by atoms with Crippen LogP contribution in [-0.2, 0) is 30.9 Å². The summed E-state index contributed by atoms with van der Waals surface area (Å²) in [6.07, 6.45) is 0.390. The summed E-state index contributed by atoms with van der Waals surface area (Å²) < 4.78 is 37.3. The lowest BCUT2D eigenvalue weighted by Gasteiger charge is -2.21. The molecule has 0 aliphatic heterocycles. The first-order valence-electron chi connectivity index (χ1n) is 8.80. The highest BCUT2D eigenvalue weighted by Crippen LogP contribution is 2.19. The normalized spacial score (nSPS) is 12.6. The number of furan rings is 1. The van der Waals surface area contributed by atoms with Crippen molar-refractivity contribution in [1.29, 1.82) is 0 Å². The van der Waals surface area contributed by atoms with Crippen molar-refractivity contribution in [1.82, 2.24) is 9.62 Å². The minimum Gasteiger partial charge on any atom is -0.468 e. The van der Waals surface area contributed by atoms with Gasteiger partial charge in [-0.25, -0.2) is 8.42 Å². The molecule has 9 heteroatoms. The van der Waals surface area contributed by atoms with Gasteiger partial charge in [0.05, 0.1) is 17.7 Å². The molecule has 0 unspecified atom stereocenters. The summed E-state index contributed by atoms with van der Waals surface area (Å²) in [4.78, 5) is 24.1. The number of benzene rings is 1. The van der Waals surface area contributed by atoms with Crippen molar-refractivity contribution in [2.45, 2.75) is 38.3 Å². The molecule has 1 atom stereocenters. The van der Waals surface area contributed by atoms with Crippen LogP contribution in [0.4, 0.5) is 0 Å². The Morgan fingerprint density at radius 2 is 1.89 bits per heavy atom. The van der Waals surface area contributed by atoms with Crippen LogP contribution in [0.5, 0.6) is 0 Å². The lowest BCUT2D eigenvalue weighted by atomic mass is 10.2. The average Bonchev–Trinajstić information content (AvgIpc) is 3.14. The Morgan fingerprint density at radius 1 is 1.21 bits per heavy atom. The molecule has 1 aromatic heterocycles. The van der Waals surface area contributed by atoms with Crippen molar-refractivity contribution >= 4 is 21.9 Å². The van der Waals surface area contributed by atoms with E-state index in [-0.39, 0.29) is 11.4 Å². The predicted octanol–water partition coefficient (Wildman–Crippen LogP) is 1.85. The van der Waals surface area contributed by atoms with E-state index in [0.29, 0.717) is 12.3 Å². The van der Waals surface area contributed by atoms with Crippen molar-refractivity contribution < 1.29 is 27.2 Å². The highest BCUT2D eigenvalue weighted by molar-refractivity contribution is 7.89. The lowest BCUT2D eigenvalue weighted by Crippen LogP contribution is -2.40. The molecule has 28 heavy (non-hydrogen) atoms. The van der Waals surface area contributed by atoms with Crippen LogP contribution in [0.25, 0.3) is 0 Å². The summed E-state index contributed by atoms with van der Waals surface area (Å²) in [7, 11) is -3.98. The largest absolute Gasteiger partial charge is 0.468 e. The predicted molar refractivity (Wildman–Crippen MR) is 102 cm³/mol. The maximum atomic E-state index is 13.0. The number of amides is 1. The maximum Gasteiger partial charge on any atom is 0.322 e. The lowest BCUT2D eigenvalue weighted by molar-refractivity contribution is -0.155. The van der Waals surface area contributed by atoms with E-state index in [1.54, 1.807) is 31.2 Å². The van der Waals surface area contributed by atoms with Gasteiger partial charge in [-0.2, -0.15) is 4.31 Å². The number of nitrogens with one attached hydrogen (secondary N) is 1. The van der Waals surface area contributed by atoms with E-state index in [2.05, 4.69) is 5.32 Å². The van der Waals surface area contributed by atoms with Crippen LogP contribution in [0.3, 0.4) is 0 Å². The van der Waals surface area contributed by atoms with E-state index >= 15 is 0 Å². The molecule has 0 spiro atoms. The van der Waals surface area contributed by atoms with Gasteiger partial charge in [0.15, 0.2) is 6.10 Å². The molecule has 2 aromatic rings. The SMILES string of the molecule is CCNC(=O)[C@H](C)OC(=O)CN(Cc1ccco1)S(=O)(=O)c1ccc(C)cc1. The number of aryl methyl sites for hydroxylation is 1. The number of ether oxygens (including phenoxy) is 1. The Hall–Kier alpha value is -2.65. The third kappa shape index (κ3) is 5.67. The second-order valence-electron chi connectivity index (χ2n) is 6.19. The summed E-state index contributed by atoms with van der Waals surface area (Å²) in [6.45, 7) is 4.71. The quantitative estimate of drug-likeness (QED) is 0.635. The molecule has 0 radical (unpaired) electrons. The standard InChI is InChI=1S/C19H24N2O6S/c1-4-20-19(23)15(3)27-18(22)13-21(12-16-6-5-11-26-16)28(24,25)17-9-7-14(2)8-10-17/h5-11,15H,4,12-13H2,1-3H3,(H,20,23)/t15-/m0/s1. The monoisotopic (exact) mass is 408 g/mol. The van der Waals surface area contributed by atoms with Gasteiger partial charge in [0, 0.05) is 6.54 Å². The van der Waals surface area contributed by atoms with E-state index in [4.69, 9.17) is 9.15 Å². The minimum absolute atomic E-state index is 0.0502. The summed E-state index contributed by atoms with van der Waals surface area (Å²) in [5.41, 5.74) is 0.909. The Labute approximate surface area is 164 Å². The molecular formula is C19H24N2O6S. The van der Waals surface area contributed by atoms with Gasteiger partial charge in [-0.3, -0.25) is 9.59 Å². The zero-order valence-electron chi connectivity index (χ0n) is 16.0. The fraction of sp³-hybridized carbons (Fsp3) is 0.368. The van der Waals surface area contributed by atoms with Gasteiger partial charge in [0.1, 0.15) is 12.3 Å². The van der Waals surface area contributed by atoms with Crippen molar-refractivity contribution in [2.75, 3.05) is 13.1 Å². The second-order valence-corrected chi connectivity index (χ2v) is 8.13. The molecule has 1 amide bonds. The third-order valence-corrected chi connectivity index (χ3v) is 5.71. The molecule has 0 saturated carbocycles. The van der Waals surface area contributed by atoms with Crippen LogP contribution in [-0.4, -0.2) is 43.8 Å². The molecular weight excluding hydrogens is 384 g/mol.